The Hall–Kier alpha value is -3.02. The van der Waals surface area contributed by atoms with Crippen molar-refractivity contribution in [2.45, 2.75) is 32.8 Å². The molecule has 2 amide bonds. The number of ether oxygens (including phenoxy) is 1. The lowest BCUT2D eigenvalue weighted by molar-refractivity contribution is 0.0528. The molecule has 0 atom stereocenters. The summed E-state index contributed by atoms with van der Waals surface area (Å²) >= 11 is 0. The number of nitrogens with two attached hydrogens (primary N) is 1. The van der Waals surface area contributed by atoms with Crippen LogP contribution in [0.4, 0.5) is 16.2 Å². The standard InChI is InChI=1S/C20H25N3O3/c1-20(2,3)26-19(25)22-13-12-14-4-6-15(7-5-14)18(24)23-17-10-8-16(21)9-11-17/h4-11H,12-13,21H2,1-3H3,(H,22,25)(H,23,24). The maximum Gasteiger partial charge on any atom is 0.407 e. The quantitative estimate of drug-likeness (QED) is 0.715. The highest BCUT2D eigenvalue weighted by Crippen LogP contribution is 2.13. The third-order valence-corrected chi connectivity index (χ3v) is 3.47. The molecule has 0 spiro atoms. The smallest absolute Gasteiger partial charge is 0.407 e. The fourth-order valence-electron chi connectivity index (χ4n) is 2.22. The third kappa shape index (κ3) is 6.47. The number of carbonyl (C=O) groups is 2. The van der Waals surface area contributed by atoms with Crippen LogP contribution in [-0.2, 0) is 11.2 Å². The highest BCUT2D eigenvalue weighted by atomic mass is 16.6. The van der Waals surface area contributed by atoms with Gasteiger partial charge in [-0.2, -0.15) is 0 Å². The SMILES string of the molecule is CC(C)(C)OC(=O)NCCc1ccc(C(=O)Nc2ccc(N)cc2)cc1. The van der Waals surface area contributed by atoms with Crippen molar-refractivity contribution in [1.29, 1.82) is 0 Å². The van der Waals surface area contributed by atoms with Crippen LogP contribution in [0.2, 0.25) is 0 Å². The zero-order chi connectivity index (χ0) is 19.2. The number of nitrogens with one attached hydrogen (secondary N) is 2. The normalized spacial score (nSPS) is 10.9. The Morgan fingerprint density at radius 1 is 1.00 bits per heavy atom. The molecular weight excluding hydrogens is 330 g/mol. The summed E-state index contributed by atoms with van der Waals surface area (Å²) in [4.78, 5) is 23.8. The molecule has 0 aliphatic carbocycles. The number of carbonyl (C=O) groups excluding carboxylic acids is 2. The van der Waals surface area contributed by atoms with Gasteiger partial charge in [0.15, 0.2) is 0 Å². The van der Waals surface area contributed by atoms with E-state index >= 15 is 0 Å². The molecule has 0 radical (unpaired) electrons. The Kier molecular flexibility index (Phi) is 6.22. The molecule has 0 saturated carbocycles. The minimum atomic E-state index is -0.510. The number of hydrogen-bond donors (Lipinski definition) is 3. The molecule has 0 aliphatic rings. The van der Waals surface area contributed by atoms with Gasteiger partial charge in [0.05, 0.1) is 0 Å². The number of rotatable bonds is 5. The summed E-state index contributed by atoms with van der Waals surface area (Å²) in [5.41, 5.74) is 8.03. The lowest BCUT2D eigenvalue weighted by Gasteiger charge is -2.19. The van der Waals surface area contributed by atoms with Crippen molar-refractivity contribution in [3.05, 3.63) is 59.7 Å². The van der Waals surface area contributed by atoms with Crippen molar-refractivity contribution in [2.24, 2.45) is 0 Å². The van der Waals surface area contributed by atoms with E-state index in [9.17, 15) is 9.59 Å². The highest BCUT2D eigenvalue weighted by molar-refractivity contribution is 6.04. The lowest BCUT2D eigenvalue weighted by atomic mass is 10.1. The van der Waals surface area contributed by atoms with E-state index in [0.717, 1.165) is 5.56 Å². The van der Waals surface area contributed by atoms with Crippen molar-refractivity contribution in [3.63, 3.8) is 0 Å². The van der Waals surface area contributed by atoms with Crippen LogP contribution in [0.1, 0.15) is 36.7 Å². The molecule has 4 N–H and O–H groups in total. The van der Waals surface area contributed by atoms with E-state index in [1.807, 2.05) is 32.9 Å². The molecule has 0 heterocycles. The predicted molar refractivity (Wildman–Crippen MR) is 103 cm³/mol. The first kappa shape index (κ1) is 19.3. The van der Waals surface area contributed by atoms with Crippen LogP contribution in [0.3, 0.4) is 0 Å². The number of hydrogen-bond acceptors (Lipinski definition) is 4. The van der Waals surface area contributed by atoms with Gasteiger partial charge >= 0.3 is 6.09 Å². The summed E-state index contributed by atoms with van der Waals surface area (Å²) < 4.78 is 5.18. The van der Waals surface area contributed by atoms with E-state index in [1.54, 1.807) is 36.4 Å². The van der Waals surface area contributed by atoms with Crippen molar-refractivity contribution >= 4 is 23.4 Å². The zero-order valence-electron chi connectivity index (χ0n) is 15.3. The second-order valence-corrected chi connectivity index (χ2v) is 6.95. The first-order valence-electron chi connectivity index (χ1n) is 8.46. The predicted octanol–water partition coefficient (Wildman–Crippen LogP) is 3.59. The average Bonchev–Trinajstić information content (AvgIpc) is 2.56. The number of amides is 2. The highest BCUT2D eigenvalue weighted by Gasteiger charge is 2.15. The van der Waals surface area contributed by atoms with Gasteiger partial charge in [-0.1, -0.05) is 12.1 Å². The molecule has 0 aromatic heterocycles. The van der Waals surface area contributed by atoms with E-state index < -0.39 is 11.7 Å². The average molecular weight is 355 g/mol. The minimum absolute atomic E-state index is 0.187. The monoisotopic (exact) mass is 355 g/mol. The van der Waals surface area contributed by atoms with Crippen LogP contribution in [-0.4, -0.2) is 24.1 Å². The van der Waals surface area contributed by atoms with Gasteiger partial charge in [0.1, 0.15) is 5.60 Å². The van der Waals surface area contributed by atoms with Gasteiger partial charge in [0.25, 0.3) is 5.91 Å². The zero-order valence-corrected chi connectivity index (χ0v) is 15.3. The van der Waals surface area contributed by atoms with Crippen molar-refractivity contribution in [1.82, 2.24) is 5.32 Å². The molecule has 0 aliphatic heterocycles. The molecule has 26 heavy (non-hydrogen) atoms. The molecular formula is C20H25N3O3. The van der Waals surface area contributed by atoms with Gasteiger partial charge in [-0.3, -0.25) is 4.79 Å². The molecule has 0 bridgehead atoms. The minimum Gasteiger partial charge on any atom is -0.444 e. The van der Waals surface area contributed by atoms with Crippen LogP contribution in [0.5, 0.6) is 0 Å². The number of alkyl carbamates (subject to hydrolysis) is 1. The Balaban J connectivity index is 1.83. The van der Waals surface area contributed by atoms with Crippen LogP contribution in [0.25, 0.3) is 0 Å². The largest absolute Gasteiger partial charge is 0.444 e. The summed E-state index contributed by atoms with van der Waals surface area (Å²) in [6.45, 7) is 5.92. The van der Waals surface area contributed by atoms with E-state index in [4.69, 9.17) is 10.5 Å². The van der Waals surface area contributed by atoms with E-state index in [1.165, 1.54) is 0 Å². The molecule has 6 heteroatoms. The van der Waals surface area contributed by atoms with Gasteiger partial charge in [-0.15, -0.1) is 0 Å². The molecule has 2 aromatic carbocycles. The fourth-order valence-corrected chi connectivity index (χ4v) is 2.22. The number of anilines is 2. The molecule has 2 rings (SSSR count). The van der Waals surface area contributed by atoms with Crippen molar-refractivity contribution in [3.8, 4) is 0 Å². The van der Waals surface area contributed by atoms with Crippen molar-refractivity contribution < 1.29 is 14.3 Å². The molecule has 0 fully saturated rings. The molecule has 138 valence electrons. The van der Waals surface area contributed by atoms with Crippen LogP contribution >= 0.6 is 0 Å². The molecule has 6 nitrogen and oxygen atoms in total. The van der Waals surface area contributed by atoms with E-state index in [0.29, 0.717) is 29.9 Å². The fraction of sp³-hybridized carbons (Fsp3) is 0.300. The summed E-state index contributed by atoms with van der Waals surface area (Å²) in [5.74, 6) is -0.187. The van der Waals surface area contributed by atoms with Gasteiger partial charge < -0.3 is 21.1 Å². The maximum atomic E-state index is 12.2. The number of benzene rings is 2. The Labute approximate surface area is 153 Å². The summed E-state index contributed by atoms with van der Waals surface area (Å²) in [5, 5.41) is 5.53. The van der Waals surface area contributed by atoms with Crippen LogP contribution < -0.4 is 16.4 Å². The van der Waals surface area contributed by atoms with E-state index in [-0.39, 0.29) is 5.91 Å². The second kappa shape index (κ2) is 8.38. The Morgan fingerprint density at radius 2 is 1.62 bits per heavy atom. The van der Waals surface area contributed by atoms with Crippen LogP contribution in [0, 0.1) is 0 Å². The van der Waals surface area contributed by atoms with Gasteiger partial charge in [-0.05, 0) is 69.2 Å². The summed E-state index contributed by atoms with van der Waals surface area (Å²) in [6.07, 6.45) is 0.219. The molecule has 0 unspecified atom stereocenters. The van der Waals surface area contributed by atoms with Crippen LogP contribution in [0.15, 0.2) is 48.5 Å². The van der Waals surface area contributed by atoms with Gasteiger partial charge in [0, 0.05) is 23.5 Å². The Bertz CT molecular complexity index is 747. The Morgan fingerprint density at radius 3 is 2.19 bits per heavy atom. The molecule has 0 saturated heterocycles. The topological polar surface area (TPSA) is 93.4 Å². The third-order valence-electron chi connectivity index (χ3n) is 3.47. The summed E-state index contributed by atoms with van der Waals surface area (Å²) in [7, 11) is 0. The maximum absolute atomic E-state index is 12.2. The summed E-state index contributed by atoms with van der Waals surface area (Å²) in [6, 6.07) is 14.2. The van der Waals surface area contributed by atoms with Gasteiger partial charge in [-0.25, -0.2) is 4.79 Å². The molecule has 2 aromatic rings. The van der Waals surface area contributed by atoms with Crippen molar-refractivity contribution in [2.75, 3.05) is 17.6 Å². The van der Waals surface area contributed by atoms with Gasteiger partial charge in [0.2, 0.25) is 0 Å². The lowest BCUT2D eigenvalue weighted by Crippen LogP contribution is -2.33. The first-order valence-corrected chi connectivity index (χ1v) is 8.46. The second-order valence-electron chi connectivity index (χ2n) is 6.95. The van der Waals surface area contributed by atoms with E-state index in [2.05, 4.69) is 10.6 Å². The first-order chi connectivity index (χ1) is 12.2. The number of nitrogen functional groups attached to an aromatic ring is 1.